The highest BCUT2D eigenvalue weighted by Gasteiger charge is 2.35. The highest BCUT2D eigenvalue weighted by atomic mass is 16.4. The zero-order valence-corrected chi connectivity index (χ0v) is 13.9. The molecule has 1 N–H and O–H groups in total. The van der Waals surface area contributed by atoms with Gasteiger partial charge in [0.1, 0.15) is 0 Å². The number of benzene rings is 1. The second kappa shape index (κ2) is 6.43. The van der Waals surface area contributed by atoms with Crippen molar-refractivity contribution in [3.8, 4) is 0 Å². The molecule has 0 bridgehead atoms. The SMILES string of the molecule is Cc1ccc(N2CC(c3nnc(NC(=O)C(C)C)o3)CC2=O)cc1. The van der Waals surface area contributed by atoms with E-state index in [-0.39, 0.29) is 29.7 Å². The van der Waals surface area contributed by atoms with Gasteiger partial charge in [-0.3, -0.25) is 14.9 Å². The third-order valence-corrected chi connectivity index (χ3v) is 4.02. The van der Waals surface area contributed by atoms with Gasteiger partial charge in [0.2, 0.25) is 17.7 Å². The molecule has 1 saturated heterocycles. The number of anilines is 2. The molecule has 0 spiro atoms. The molecule has 1 aromatic heterocycles. The van der Waals surface area contributed by atoms with E-state index in [1.165, 1.54) is 0 Å². The van der Waals surface area contributed by atoms with Gasteiger partial charge in [0.05, 0.1) is 5.92 Å². The molecule has 7 heteroatoms. The minimum Gasteiger partial charge on any atom is -0.407 e. The first-order chi connectivity index (χ1) is 11.4. The standard InChI is InChI=1S/C17H20N4O3/c1-10(2)15(23)18-17-20-19-16(24-17)12-8-14(22)21(9-12)13-6-4-11(3)5-7-13/h4-7,10,12H,8-9H2,1-3H3,(H,18,20,23). The molecule has 2 aromatic rings. The van der Waals surface area contributed by atoms with Crippen LogP contribution in [0.15, 0.2) is 28.7 Å². The summed E-state index contributed by atoms with van der Waals surface area (Å²) < 4.78 is 5.51. The summed E-state index contributed by atoms with van der Waals surface area (Å²) >= 11 is 0. The molecule has 1 fully saturated rings. The van der Waals surface area contributed by atoms with E-state index in [2.05, 4.69) is 15.5 Å². The molecule has 0 radical (unpaired) electrons. The summed E-state index contributed by atoms with van der Waals surface area (Å²) in [6.07, 6.45) is 0.313. The smallest absolute Gasteiger partial charge is 0.322 e. The third-order valence-electron chi connectivity index (χ3n) is 4.02. The molecule has 1 aliphatic heterocycles. The number of nitrogens with zero attached hydrogens (tertiary/aromatic N) is 3. The van der Waals surface area contributed by atoms with E-state index >= 15 is 0 Å². The normalized spacial score (nSPS) is 17.6. The van der Waals surface area contributed by atoms with Gasteiger partial charge >= 0.3 is 6.01 Å². The van der Waals surface area contributed by atoms with Gasteiger partial charge in [0.25, 0.3) is 0 Å². The Morgan fingerprint density at radius 2 is 2.00 bits per heavy atom. The number of carbonyl (C=O) groups excluding carboxylic acids is 2. The van der Waals surface area contributed by atoms with E-state index in [1.807, 2.05) is 31.2 Å². The molecular weight excluding hydrogens is 308 g/mol. The van der Waals surface area contributed by atoms with Gasteiger partial charge in [-0.2, -0.15) is 0 Å². The molecular formula is C17H20N4O3. The Labute approximate surface area is 140 Å². The summed E-state index contributed by atoms with van der Waals surface area (Å²) in [5.41, 5.74) is 2.00. The predicted octanol–water partition coefficient (Wildman–Crippen LogP) is 2.49. The van der Waals surface area contributed by atoms with Crippen molar-refractivity contribution < 1.29 is 14.0 Å². The number of rotatable bonds is 4. The van der Waals surface area contributed by atoms with Crippen molar-refractivity contribution in [2.75, 3.05) is 16.8 Å². The van der Waals surface area contributed by atoms with Crippen molar-refractivity contribution in [3.63, 3.8) is 0 Å². The number of aromatic nitrogens is 2. The molecule has 1 aliphatic rings. The Hall–Kier alpha value is -2.70. The maximum Gasteiger partial charge on any atom is 0.322 e. The van der Waals surface area contributed by atoms with Crippen LogP contribution in [0.2, 0.25) is 0 Å². The number of carbonyl (C=O) groups is 2. The van der Waals surface area contributed by atoms with Crippen molar-refractivity contribution in [2.45, 2.75) is 33.1 Å². The van der Waals surface area contributed by atoms with Gasteiger partial charge in [-0.1, -0.05) is 36.6 Å². The van der Waals surface area contributed by atoms with Gasteiger partial charge in [0.15, 0.2) is 0 Å². The lowest BCUT2D eigenvalue weighted by Crippen LogP contribution is -2.24. The van der Waals surface area contributed by atoms with Crippen LogP contribution in [0.5, 0.6) is 0 Å². The maximum atomic E-state index is 12.3. The van der Waals surface area contributed by atoms with E-state index in [0.29, 0.717) is 18.9 Å². The summed E-state index contributed by atoms with van der Waals surface area (Å²) in [5.74, 6) is -0.137. The molecule has 24 heavy (non-hydrogen) atoms. The molecule has 0 aliphatic carbocycles. The van der Waals surface area contributed by atoms with Gasteiger partial charge in [-0.25, -0.2) is 0 Å². The van der Waals surface area contributed by atoms with Crippen LogP contribution in [0.1, 0.15) is 37.6 Å². The van der Waals surface area contributed by atoms with Crippen LogP contribution in [-0.4, -0.2) is 28.6 Å². The van der Waals surface area contributed by atoms with E-state index in [9.17, 15) is 9.59 Å². The number of hydrogen-bond acceptors (Lipinski definition) is 5. The fourth-order valence-corrected chi connectivity index (χ4v) is 2.55. The van der Waals surface area contributed by atoms with Gasteiger partial charge in [-0.05, 0) is 19.1 Å². The Balaban J connectivity index is 1.71. The van der Waals surface area contributed by atoms with E-state index in [4.69, 9.17) is 4.42 Å². The number of amides is 2. The molecule has 1 aromatic carbocycles. The van der Waals surface area contributed by atoms with Crippen molar-refractivity contribution in [3.05, 3.63) is 35.7 Å². The van der Waals surface area contributed by atoms with Crippen molar-refractivity contribution in [1.29, 1.82) is 0 Å². The van der Waals surface area contributed by atoms with Crippen molar-refractivity contribution in [1.82, 2.24) is 10.2 Å². The lowest BCUT2D eigenvalue weighted by atomic mass is 10.1. The molecule has 3 rings (SSSR count). The lowest BCUT2D eigenvalue weighted by Gasteiger charge is -2.16. The Kier molecular flexibility index (Phi) is 4.33. The van der Waals surface area contributed by atoms with Crippen LogP contribution < -0.4 is 10.2 Å². The van der Waals surface area contributed by atoms with Gasteiger partial charge < -0.3 is 9.32 Å². The monoisotopic (exact) mass is 328 g/mol. The first kappa shape index (κ1) is 16.2. The van der Waals surface area contributed by atoms with Crippen LogP contribution in [0.3, 0.4) is 0 Å². The number of nitrogens with one attached hydrogen (secondary N) is 1. The predicted molar refractivity (Wildman–Crippen MR) is 88.7 cm³/mol. The average Bonchev–Trinajstić information content (AvgIpc) is 3.15. The number of hydrogen-bond donors (Lipinski definition) is 1. The van der Waals surface area contributed by atoms with Gasteiger partial charge in [-0.15, -0.1) is 5.10 Å². The molecule has 0 saturated carbocycles. The quantitative estimate of drug-likeness (QED) is 0.931. The van der Waals surface area contributed by atoms with Gasteiger partial charge in [0, 0.05) is 24.6 Å². The highest BCUT2D eigenvalue weighted by Crippen LogP contribution is 2.31. The first-order valence-electron chi connectivity index (χ1n) is 7.95. The fourth-order valence-electron chi connectivity index (χ4n) is 2.55. The van der Waals surface area contributed by atoms with E-state index < -0.39 is 0 Å². The molecule has 126 valence electrons. The molecule has 2 heterocycles. The van der Waals surface area contributed by atoms with Crippen LogP contribution in [0.4, 0.5) is 11.7 Å². The summed E-state index contributed by atoms with van der Waals surface area (Å²) in [7, 11) is 0. The summed E-state index contributed by atoms with van der Waals surface area (Å²) in [6, 6.07) is 7.88. The zero-order valence-electron chi connectivity index (χ0n) is 13.9. The Morgan fingerprint density at radius 3 is 2.67 bits per heavy atom. The summed E-state index contributed by atoms with van der Waals surface area (Å²) in [5, 5.41) is 10.4. The van der Waals surface area contributed by atoms with Crippen LogP contribution in [0.25, 0.3) is 0 Å². The van der Waals surface area contributed by atoms with Crippen LogP contribution in [0, 0.1) is 12.8 Å². The highest BCUT2D eigenvalue weighted by molar-refractivity contribution is 5.96. The lowest BCUT2D eigenvalue weighted by molar-refractivity contribution is -0.119. The van der Waals surface area contributed by atoms with E-state index in [0.717, 1.165) is 11.3 Å². The second-order valence-electron chi connectivity index (χ2n) is 6.33. The second-order valence-corrected chi connectivity index (χ2v) is 6.33. The van der Waals surface area contributed by atoms with Crippen LogP contribution in [-0.2, 0) is 9.59 Å². The topological polar surface area (TPSA) is 88.3 Å². The third kappa shape index (κ3) is 3.29. The summed E-state index contributed by atoms with van der Waals surface area (Å²) in [6.45, 7) is 6.05. The summed E-state index contributed by atoms with van der Waals surface area (Å²) in [4.78, 5) is 25.7. The average molecular weight is 328 g/mol. The van der Waals surface area contributed by atoms with Crippen LogP contribution >= 0.6 is 0 Å². The molecule has 2 amide bonds. The van der Waals surface area contributed by atoms with Crippen molar-refractivity contribution >= 4 is 23.5 Å². The largest absolute Gasteiger partial charge is 0.407 e. The Bertz CT molecular complexity index is 751. The van der Waals surface area contributed by atoms with E-state index in [1.54, 1.807) is 18.7 Å². The molecule has 7 nitrogen and oxygen atoms in total. The first-order valence-corrected chi connectivity index (χ1v) is 7.95. The number of aryl methyl sites for hydroxylation is 1. The Morgan fingerprint density at radius 1 is 1.29 bits per heavy atom. The molecule has 1 atom stereocenters. The molecule has 1 unspecified atom stereocenters. The minimum atomic E-state index is -0.186. The zero-order chi connectivity index (χ0) is 17.3. The minimum absolute atomic E-state index is 0.0230. The maximum absolute atomic E-state index is 12.3. The fraction of sp³-hybridized carbons (Fsp3) is 0.412. The van der Waals surface area contributed by atoms with Crippen molar-refractivity contribution in [2.24, 2.45) is 5.92 Å².